The van der Waals surface area contributed by atoms with Gasteiger partial charge in [-0.15, -0.1) is 0 Å². The van der Waals surface area contributed by atoms with Gasteiger partial charge in [0.1, 0.15) is 11.6 Å². The Bertz CT molecular complexity index is 1010. The Labute approximate surface area is 195 Å². The van der Waals surface area contributed by atoms with Crippen LogP contribution in [0.15, 0.2) is 66.9 Å². The maximum Gasteiger partial charge on any atom is 0.259 e. The molecule has 1 amide bonds. The van der Waals surface area contributed by atoms with E-state index in [0.717, 1.165) is 43.8 Å². The average Bonchev–Trinajstić information content (AvgIpc) is 3.30. The van der Waals surface area contributed by atoms with Gasteiger partial charge < -0.3 is 14.8 Å². The highest BCUT2D eigenvalue weighted by Gasteiger charge is 2.25. The number of benzene rings is 2. The highest BCUT2D eigenvalue weighted by atomic mass is 16.5. The van der Waals surface area contributed by atoms with Crippen LogP contribution in [-0.2, 0) is 16.1 Å². The first kappa shape index (κ1) is 23.0. The van der Waals surface area contributed by atoms with Crippen LogP contribution in [0.3, 0.4) is 0 Å². The van der Waals surface area contributed by atoms with Gasteiger partial charge in [0.25, 0.3) is 5.91 Å². The largest absolute Gasteiger partial charge is 0.494 e. The van der Waals surface area contributed by atoms with E-state index in [1.165, 1.54) is 5.56 Å². The summed E-state index contributed by atoms with van der Waals surface area (Å²) in [4.78, 5) is 15.4. The highest BCUT2D eigenvalue weighted by Crippen LogP contribution is 2.27. The summed E-state index contributed by atoms with van der Waals surface area (Å²) in [5.74, 6) is 1.43. The van der Waals surface area contributed by atoms with Crippen LogP contribution < -0.4 is 10.1 Å². The molecule has 0 unspecified atom stereocenters. The molecule has 33 heavy (non-hydrogen) atoms. The molecule has 2 heterocycles. The summed E-state index contributed by atoms with van der Waals surface area (Å²) in [5.41, 5.74) is 2.11. The third-order valence-corrected chi connectivity index (χ3v) is 6.04. The number of piperidine rings is 1. The zero-order valence-corrected chi connectivity index (χ0v) is 19.3. The number of likely N-dealkylation sites (tertiary alicyclic amines) is 1. The van der Waals surface area contributed by atoms with Crippen LogP contribution in [0.4, 0.5) is 5.82 Å². The van der Waals surface area contributed by atoms with Gasteiger partial charge in [0.15, 0.2) is 6.10 Å². The first-order chi connectivity index (χ1) is 16.2. The number of anilines is 1. The van der Waals surface area contributed by atoms with Gasteiger partial charge in [-0.25, -0.2) is 4.68 Å². The van der Waals surface area contributed by atoms with Crippen molar-refractivity contribution in [2.45, 2.75) is 38.5 Å². The summed E-state index contributed by atoms with van der Waals surface area (Å²) >= 11 is 0. The lowest BCUT2D eigenvalue weighted by Gasteiger charge is -2.32. The van der Waals surface area contributed by atoms with Crippen LogP contribution in [-0.4, -0.2) is 47.4 Å². The molecular formula is C26H32N4O3. The normalized spacial score (nSPS) is 15.8. The molecule has 174 valence electrons. The Morgan fingerprint density at radius 2 is 1.82 bits per heavy atom. The van der Waals surface area contributed by atoms with Crippen LogP contribution in [0.5, 0.6) is 5.75 Å². The summed E-state index contributed by atoms with van der Waals surface area (Å²) < 4.78 is 12.9. The number of ether oxygens (including phenoxy) is 2. The van der Waals surface area contributed by atoms with E-state index in [1.807, 2.05) is 60.1 Å². The van der Waals surface area contributed by atoms with Gasteiger partial charge in [-0.1, -0.05) is 42.5 Å². The number of hydrogen-bond acceptors (Lipinski definition) is 5. The van der Waals surface area contributed by atoms with Gasteiger partial charge in [-0.3, -0.25) is 9.69 Å². The molecule has 0 bridgehead atoms. The fourth-order valence-corrected chi connectivity index (χ4v) is 4.36. The van der Waals surface area contributed by atoms with Gasteiger partial charge >= 0.3 is 0 Å². The zero-order valence-electron chi connectivity index (χ0n) is 19.3. The molecule has 0 spiro atoms. The topological polar surface area (TPSA) is 68.6 Å². The summed E-state index contributed by atoms with van der Waals surface area (Å²) in [7, 11) is 1.55. The molecule has 7 nitrogen and oxygen atoms in total. The summed E-state index contributed by atoms with van der Waals surface area (Å²) in [5, 5.41) is 7.53. The van der Waals surface area contributed by atoms with Crippen LogP contribution in [0.2, 0.25) is 0 Å². The van der Waals surface area contributed by atoms with Gasteiger partial charge in [-0.05, 0) is 43.0 Å². The van der Waals surface area contributed by atoms with Crippen LogP contribution in [0.1, 0.15) is 43.0 Å². The number of carbonyl (C=O) groups is 1. The van der Waals surface area contributed by atoms with Crippen LogP contribution >= 0.6 is 0 Å². The minimum absolute atomic E-state index is 0.196. The fourth-order valence-electron chi connectivity index (χ4n) is 4.36. The number of methoxy groups -OCH3 is 1. The molecule has 1 fully saturated rings. The van der Waals surface area contributed by atoms with E-state index in [0.29, 0.717) is 12.4 Å². The molecule has 1 N–H and O–H groups in total. The molecule has 1 aliphatic heterocycles. The van der Waals surface area contributed by atoms with Crippen molar-refractivity contribution in [1.29, 1.82) is 0 Å². The number of rotatable bonds is 9. The Kier molecular flexibility index (Phi) is 7.75. The van der Waals surface area contributed by atoms with Crippen molar-refractivity contribution < 1.29 is 14.3 Å². The third-order valence-electron chi connectivity index (χ3n) is 6.04. The number of hydrogen-bond donors (Lipinski definition) is 1. The Morgan fingerprint density at radius 3 is 2.48 bits per heavy atom. The van der Waals surface area contributed by atoms with E-state index in [-0.39, 0.29) is 11.9 Å². The highest BCUT2D eigenvalue weighted by molar-refractivity contribution is 5.94. The van der Waals surface area contributed by atoms with E-state index in [4.69, 9.17) is 9.47 Å². The second-order valence-corrected chi connectivity index (χ2v) is 8.26. The Balaban J connectivity index is 1.33. The quantitative estimate of drug-likeness (QED) is 0.524. The van der Waals surface area contributed by atoms with Gasteiger partial charge in [-0.2, -0.15) is 5.10 Å². The monoisotopic (exact) mass is 448 g/mol. The summed E-state index contributed by atoms with van der Waals surface area (Å²) in [6.45, 7) is 5.56. The van der Waals surface area contributed by atoms with Crippen molar-refractivity contribution in [3.63, 3.8) is 0 Å². The predicted octanol–water partition coefficient (Wildman–Crippen LogP) is 4.45. The lowest BCUT2D eigenvalue weighted by atomic mass is 10.0. The minimum Gasteiger partial charge on any atom is -0.494 e. The molecule has 3 aromatic rings. The standard InChI is InChI=1S/C26H32N4O3/c1-3-33-23-11-9-20(10-12-23)19-29-17-14-22(15-18-29)30-24(13-16-27-30)28-26(31)25(32-2)21-7-5-4-6-8-21/h4-13,16,22,25H,3,14-15,17-19H2,1-2H3,(H,28,31)/t25-/m0/s1. The molecule has 4 rings (SSSR count). The molecule has 1 atom stereocenters. The summed E-state index contributed by atoms with van der Waals surface area (Å²) in [6.07, 6.45) is 3.04. The summed E-state index contributed by atoms with van der Waals surface area (Å²) in [6, 6.07) is 20.0. The van der Waals surface area contributed by atoms with E-state index in [9.17, 15) is 4.79 Å². The first-order valence-corrected chi connectivity index (χ1v) is 11.5. The second-order valence-electron chi connectivity index (χ2n) is 8.26. The predicted molar refractivity (Wildman–Crippen MR) is 128 cm³/mol. The molecule has 0 aliphatic carbocycles. The second kappa shape index (κ2) is 11.1. The minimum atomic E-state index is -0.662. The van der Waals surface area contributed by atoms with Gasteiger partial charge in [0.2, 0.25) is 0 Å². The van der Waals surface area contributed by atoms with E-state index in [1.54, 1.807) is 13.3 Å². The van der Waals surface area contributed by atoms with Crippen LogP contribution in [0.25, 0.3) is 0 Å². The zero-order chi connectivity index (χ0) is 23.0. The van der Waals surface area contributed by atoms with Crippen LogP contribution in [0, 0.1) is 0 Å². The van der Waals surface area contributed by atoms with Crippen molar-refractivity contribution in [2.24, 2.45) is 0 Å². The lowest BCUT2D eigenvalue weighted by Crippen LogP contribution is -2.35. The van der Waals surface area contributed by atoms with Gasteiger partial charge in [0, 0.05) is 32.8 Å². The smallest absolute Gasteiger partial charge is 0.259 e. The molecule has 0 radical (unpaired) electrons. The molecule has 1 aromatic heterocycles. The maximum atomic E-state index is 12.9. The molecule has 2 aromatic carbocycles. The lowest BCUT2D eigenvalue weighted by molar-refractivity contribution is -0.126. The maximum absolute atomic E-state index is 12.9. The third kappa shape index (κ3) is 5.80. The van der Waals surface area contributed by atoms with Crippen molar-refractivity contribution >= 4 is 11.7 Å². The van der Waals surface area contributed by atoms with Crippen molar-refractivity contribution in [2.75, 3.05) is 32.1 Å². The number of aromatic nitrogens is 2. The molecule has 7 heteroatoms. The molecular weight excluding hydrogens is 416 g/mol. The van der Waals surface area contributed by atoms with E-state index < -0.39 is 6.10 Å². The number of nitrogens with zero attached hydrogens (tertiary/aromatic N) is 3. The Morgan fingerprint density at radius 1 is 1.09 bits per heavy atom. The fraction of sp³-hybridized carbons (Fsp3) is 0.385. The van der Waals surface area contributed by atoms with Crippen molar-refractivity contribution in [3.05, 3.63) is 78.0 Å². The van der Waals surface area contributed by atoms with E-state index >= 15 is 0 Å². The van der Waals surface area contributed by atoms with E-state index in [2.05, 4.69) is 27.4 Å². The van der Waals surface area contributed by atoms with Gasteiger partial charge in [0.05, 0.1) is 18.8 Å². The SMILES string of the molecule is CCOc1ccc(CN2CCC(n3nccc3NC(=O)[C@@H](OC)c3ccccc3)CC2)cc1. The number of nitrogens with one attached hydrogen (secondary N) is 1. The molecule has 1 saturated heterocycles. The number of carbonyl (C=O) groups excluding carboxylic acids is 1. The molecule has 1 aliphatic rings. The average molecular weight is 449 g/mol. The first-order valence-electron chi connectivity index (χ1n) is 11.5. The van der Waals surface area contributed by atoms with Crippen molar-refractivity contribution in [1.82, 2.24) is 14.7 Å². The number of amides is 1. The molecule has 0 saturated carbocycles. The van der Waals surface area contributed by atoms with Crippen molar-refractivity contribution in [3.8, 4) is 5.75 Å². The Hall–Kier alpha value is -3.16.